The van der Waals surface area contributed by atoms with Crippen LogP contribution in [0.4, 0.5) is 0 Å². The number of phenols is 1. The van der Waals surface area contributed by atoms with Crippen LogP contribution in [0, 0.1) is 13.8 Å². The van der Waals surface area contributed by atoms with E-state index in [1.54, 1.807) is 6.21 Å². The van der Waals surface area contributed by atoms with Crippen molar-refractivity contribution in [2.75, 3.05) is 0 Å². The predicted octanol–water partition coefficient (Wildman–Crippen LogP) is 6.16. The second-order valence-electron chi connectivity index (χ2n) is 7.85. The van der Waals surface area contributed by atoms with Crippen LogP contribution in [-0.4, -0.2) is 17.2 Å². The average Bonchev–Trinajstić information content (AvgIpc) is 2.79. The molecule has 4 rings (SSSR count). The average molecular weight is 459 g/mol. The number of carbonyl (C=O) groups excluding carboxylic acids is 1. The van der Waals surface area contributed by atoms with Gasteiger partial charge in [-0.05, 0) is 55.1 Å². The van der Waals surface area contributed by atoms with E-state index >= 15 is 0 Å². The molecule has 0 fully saturated rings. The number of hydrazone groups is 1. The van der Waals surface area contributed by atoms with E-state index < -0.39 is 5.91 Å². The molecule has 5 nitrogen and oxygen atoms in total. The van der Waals surface area contributed by atoms with Gasteiger partial charge in [-0.3, -0.25) is 4.79 Å². The van der Waals surface area contributed by atoms with Crippen molar-refractivity contribution in [1.29, 1.82) is 0 Å². The molecule has 0 spiro atoms. The number of aryl methyl sites for hydroxylation is 2. The van der Waals surface area contributed by atoms with Gasteiger partial charge in [-0.2, -0.15) is 5.10 Å². The number of nitrogens with zero attached hydrogens (tertiary/aromatic N) is 1. The second-order valence-corrected chi connectivity index (χ2v) is 8.26. The van der Waals surface area contributed by atoms with Gasteiger partial charge >= 0.3 is 0 Å². The lowest BCUT2D eigenvalue weighted by atomic mass is 10.0. The largest absolute Gasteiger partial charge is 0.506 e. The number of hydrogen-bond acceptors (Lipinski definition) is 4. The minimum absolute atomic E-state index is 0.0805. The minimum Gasteiger partial charge on any atom is -0.506 e. The maximum atomic E-state index is 12.3. The van der Waals surface area contributed by atoms with Crippen LogP contribution in [0.1, 0.15) is 32.6 Å². The number of phenolic OH excluding ortho intramolecular Hbond substituents is 1. The van der Waals surface area contributed by atoms with E-state index in [1.807, 2.05) is 36.4 Å². The summed E-state index contributed by atoms with van der Waals surface area (Å²) in [6.45, 7) is 4.63. The first-order chi connectivity index (χ1) is 15.9. The summed E-state index contributed by atoms with van der Waals surface area (Å²) in [6, 6.07) is 22.3. The molecule has 0 atom stereocenters. The third kappa shape index (κ3) is 5.33. The number of halogens is 1. The molecular weight excluding hydrogens is 436 g/mol. The van der Waals surface area contributed by atoms with Crippen LogP contribution in [0.2, 0.25) is 5.02 Å². The molecule has 0 bridgehead atoms. The highest BCUT2D eigenvalue weighted by Gasteiger charge is 2.09. The molecule has 0 aromatic heterocycles. The Balaban J connectivity index is 1.52. The number of fused-ring (bicyclic) bond motifs is 1. The monoisotopic (exact) mass is 458 g/mol. The summed E-state index contributed by atoms with van der Waals surface area (Å²) in [7, 11) is 0. The number of nitrogens with one attached hydrogen (secondary N) is 1. The fraction of sp³-hybridized carbons (Fsp3) is 0.111. The summed E-state index contributed by atoms with van der Waals surface area (Å²) in [4.78, 5) is 12.3. The number of rotatable bonds is 6. The number of aromatic hydroxyl groups is 1. The Bertz CT molecular complexity index is 1340. The first-order valence-electron chi connectivity index (χ1n) is 10.4. The van der Waals surface area contributed by atoms with Crippen LogP contribution in [0.3, 0.4) is 0 Å². The van der Waals surface area contributed by atoms with Gasteiger partial charge in [-0.25, -0.2) is 5.43 Å². The van der Waals surface area contributed by atoms with Crippen molar-refractivity contribution in [3.05, 3.63) is 106 Å². The van der Waals surface area contributed by atoms with Crippen LogP contribution in [-0.2, 0) is 6.61 Å². The number of hydrogen-bond donors (Lipinski definition) is 2. The van der Waals surface area contributed by atoms with Gasteiger partial charge in [0.15, 0.2) is 0 Å². The molecule has 4 aromatic carbocycles. The smallest absolute Gasteiger partial charge is 0.271 e. The molecule has 0 saturated heterocycles. The van der Waals surface area contributed by atoms with E-state index in [-0.39, 0.29) is 10.8 Å². The topological polar surface area (TPSA) is 70.9 Å². The molecule has 4 aromatic rings. The highest BCUT2D eigenvalue weighted by atomic mass is 35.5. The van der Waals surface area contributed by atoms with Gasteiger partial charge in [0.2, 0.25) is 0 Å². The molecule has 0 heterocycles. The van der Waals surface area contributed by atoms with Gasteiger partial charge in [0.1, 0.15) is 18.1 Å². The molecule has 0 radical (unpaired) electrons. The van der Waals surface area contributed by atoms with E-state index in [2.05, 4.69) is 42.6 Å². The van der Waals surface area contributed by atoms with Crippen LogP contribution in [0.5, 0.6) is 11.5 Å². The Kier molecular flexibility index (Phi) is 6.61. The van der Waals surface area contributed by atoms with Crippen LogP contribution >= 0.6 is 11.6 Å². The molecule has 33 heavy (non-hydrogen) atoms. The quantitative estimate of drug-likeness (QED) is 0.268. The fourth-order valence-electron chi connectivity index (χ4n) is 3.72. The van der Waals surface area contributed by atoms with Crippen molar-refractivity contribution in [1.82, 2.24) is 5.43 Å². The number of benzene rings is 4. The van der Waals surface area contributed by atoms with Gasteiger partial charge in [-0.15, -0.1) is 0 Å². The third-order valence-electron chi connectivity index (χ3n) is 5.17. The molecule has 1 amide bonds. The standard InChI is InChI=1S/C27H23ClN2O3/c1-17-11-18(2)13-19(12-17)16-33-26-10-8-21(22-5-3-4-6-23(22)26)15-29-30-27(32)20-7-9-25(31)24(28)14-20/h3-15,31H,16H2,1-2H3,(H,30,32). The molecule has 0 saturated carbocycles. The number of amides is 1. The van der Waals surface area contributed by atoms with E-state index in [0.717, 1.165) is 27.6 Å². The first-order valence-corrected chi connectivity index (χ1v) is 10.8. The van der Waals surface area contributed by atoms with Crippen molar-refractivity contribution in [2.24, 2.45) is 5.10 Å². The third-order valence-corrected chi connectivity index (χ3v) is 5.48. The summed E-state index contributed by atoms with van der Waals surface area (Å²) in [6.07, 6.45) is 1.59. The SMILES string of the molecule is Cc1cc(C)cc(COc2ccc(C=NNC(=O)c3ccc(O)c(Cl)c3)c3ccccc23)c1. The molecule has 2 N–H and O–H groups in total. The zero-order valence-corrected chi connectivity index (χ0v) is 19.1. The van der Waals surface area contributed by atoms with E-state index in [9.17, 15) is 9.90 Å². The first kappa shape index (κ1) is 22.4. The van der Waals surface area contributed by atoms with E-state index in [1.165, 1.54) is 29.3 Å². The van der Waals surface area contributed by atoms with E-state index in [0.29, 0.717) is 12.2 Å². The molecular formula is C27H23ClN2O3. The molecule has 0 unspecified atom stereocenters. The Morgan fingerprint density at radius 1 is 1.00 bits per heavy atom. The van der Waals surface area contributed by atoms with Gasteiger partial charge < -0.3 is 9.84 Å². The van der Waals surface area contributed by atoms with Gasteiger partial charge in [0, 0.05) is 16.5 Å². The van der Waals surface area contributed by atoms with Crippen molar-refractivity contribution >= 4 is 34.5 Å². The zero-order valence-electron chi connectivity index (χ0n) is 18.3. The summed E-state index contributed by atoms with van der Waals surface area (Å²) in [5.41, 5.74) is 7.18. The second kappa shape index (κ2) is 9.76. The highest BCUT2D eigenvalue weighted by molar-refractivity contribution is 6.32. The maximum Gasteiger partial charge on any atom is 0.271 e. The van der Waals surface area contributed by atoms with Crippen LogP contribution in [0.25, 0.3) is 10.8 Å². The molecule has 6 heteroatoms. The normalized spacial score (nSPS) is 11.1. The van der Waals surface area contributed by atoms with Crippen molar-refractivity contribution in [3.8, 4) is 11.5 Å². The Hall–Kier alpha value is -3.83. The fourth-order valence-corrected chi connectivity index (χ4v) is 3.90. The predicted molar refractivity (Wildman–Crippen MR) is 132 cm³/mol. The lowest BCUT2D eigenvalue weighted by molar-refractivity contribution is 0.0955. The summed E-state index contributed by atoms with van der Waals surface area (Å²) < 4.78 is 6.14. The van der Waals surface area contributed by atoms with Crippen LogP contribution < -0.4 is 10.2 Å². The molecule has 0 aliphatic heterocycles. The lowest BCUT2D eigenvalue weighted by Crippen LogP contribution is -2.17. The van der Waals surface area contributed by atoms with Gasteiger partial charge in [-0.1, -0.05) is 65.2 Å². The summed E-state index contributed by atoms with van der Waals surface area (Å²) >= 11 is 5.87. The van der Waals surface area contributed by atoms with Crippen molar-refractivity contribution in [3.63, 3.8) is 0 Å². The molecule has 166 valence electrons. The number of ether oxygens (including phenoxy) is 1. The summed E-state index contributed by atoms with van der Waals surface area (Å²) in [5, 5.41) is 15.6. The van der Waals surface area contributed by atoms with Crippen molar-refractivity contribution in [2.45, 2.75) is 20.5 Å². The Labute approximate surface area is 197 Å². The Morgan fingerprint density at radius 2 is 1.73 bits per heavy atom. The van der Waals surface area contributed by atoms with Crippen LogP contribution in [0.15, 0.2) is 77.9 Å². The minimum atomic E-state index is -0.425. The van der Waals surface area contributed by atoms with Gasteiger partial charge in [0.05, 0.1) is 11.2 Å². The molecule has 0 aliphatic rings. The highest BCUT2D eigenvalue weighted by Crippen LogP contribution is 2.29. The van der Waals surface area contributed by atoms with E-state index in [4.69, 9.17) is 16.3 Å². The molecule has 0 aliphatic carbocycles. The van der Waals surface area contributed by atoms with Crippen molar-refractivity contribution < 1.29 is 14.6 Å². The Morgan fingerprint density at radius 3 is 2.45 bits per heavy atom. The lowest BCUT2D eigenvalue weighted by Gasteiger charge is -2.12. The number of carbonyl (C=O) groups is 1. The maximum absolute atomic E-state index is 12.3. The zero-order chi connectivity index (χ0) is 23.4. The van der Waals surface area contributed by atoms with Gasteiger partial charge in [0.25, 0.3) is 5.91 Å². The summed E-state index contributed by atoms with van der Waals surface area (Å²) in [5.74, 6) is 0.276.